The molecule has 1 heterocycles. The van der Waals surface area contributed by atoms with E-state index in [-0.39, 0.29) is 5.54 Å². The Bertz CT molecular complexity index is 474. The Labute approximate surface area is 128 Å². The van der Waals surface area contributed by atoms with Crippen LogP contribution in [0, 0.1) is 5.41 Å². The quantitative estimate of drug-likeness (QED) is 0.885. The fraction of sp³-hybridized carbons (Fsp3) is 0.647. The molecule has 1 aliphatic rings. The Morgan fingerprint density at radius 2 is 2.00 bits per heavy atom. The first kappa shape index (κ1) is 15.7. The zero-order chi connectivity index (χ0) is 15.0. The van der Waals surface area contributed by atoms with Gasteiger partial charge in [-0.25, -0.2) is 0 Å². The van der Waals surface area contributed by atoms with Crippen molar-refractivity contribution >= 4 is 17.3 Å². The van der Waals surface area contributed by atoms with Gasteiger partial charge in [0.1, 0.15) is 0 Å². The monoisotopic (exact) mass is 294 g/mol. The zero-order valence-corrected chi connectivity index (χ0v) is 14.1. The van der Waals surface area contributed by atoms with Crippen molar-refractivity contribution in [2.45, 2.75) is 53.1 Å². The van der Waals surface area contributed by atoms with E-state index in [4.69, 9.17) is 11.6 Å². The van der Waals surface area contributed by atoms with Gasteiger partial charge in [0.05, 0.1) is 0 Å². The van der Waals surface area contributed by atoms with Crippen LogP contribution in [0.2, 0.25) is 5.02 Å². The van der Waals surface area contributed by atoms with Crippen molar-refractivity contribution in [2.24, 2.45) is 5.41 Å². The molecule has 0 atom stereocenters. The number of nitrogens with one attached hydrogen (secondary N) is 1. The standard InChI is InChI=1S/C17H27ClN2/c1-16(2,3)19-11-13-10-14(18)6-7-15(13)20-9-8-17(4,5)12-20/h6-7,10,19H,8-9,11-12H2,1-5H3. The second-order valence-corrected chi connectivity index (χ2v) is 8.15. The van der Waals surface area contributed by atoms with Crippen LogP contribution < -0.4 is 10.2 Å². The molecule has 3 heteroatoms. The summed E-state index contributed by atoms with van der Waals surface area (Å²) >= 11 is 6.18. The number of rotatable bonds is 3. The van der Waals surface area contributed by atoms with Crippen molar-refractivity contribution in [1.29, 1.82) is 0 Å². The summed E-state index contributed by atoms with van der Waals surface area (Å²) in [5.41, 5.74) is 3.15. The van der Waals surface area contributed by atoms with Gasteiger partial charge in [-0.15, -0.1) is 0 Å². The average Bonchev–Trinajstić information content (AvgIpc) is 2.66. The maximum Gasteiger partial charge on any atom is 0.0413 e. The molecular formula is C17H27ClN2. The predicted molar refractivity (Wildman–Crippen MR) is 88.7 cm³/mol. The Balaban J connectivity index is 2.20. The summed E-state index contributed by atoms with van der Waals surface area (Å²) < 4.78 is 0. The molecule has 0 amide bonds. The minimum absolute atomic E-state index is 0.115. The van der Waals surface area contributed by atoms with E-state index in [0.717, 1.165) is 24.7 Å². The van der Waals surface area contributed by atoms with Gasteiger partial charge in [0.2, 0.25) is 0 Å². The van der Waals surface area contributed by atoms with E-state index < -0.39 is 0 Å². The van der Waals surface area contributed by atoms with Crippen LogP contribution >= 0.6 is 11.6 Å². The smallest absolute Gasteiger partial charge is 0.0413 e. The Kier molecular flexibility index (Phi) is 4.36. The van der Waals surface area contributed by atoms with E-state index in [0.29, 0.717) is 5.41 Å². The van der Waals surface area contributed by atoms with Crippen LogP contribution in [0.3, 0.4) is 0 Å². The van der Waals surface area contributed by atoms with Crippen LogP contribution in [0.25, 0.3) is 0 Å². The Morgan fingerprint density at radius 1 is 1.30 bits per heavy atom. The first-order valence-corrected chi connectivity index (χ1v) is 7.83. The van der Waals surface area contributed by atoms with Crippen LogP contribution in [0.5, 0.6) is 0 Å². The van der Waals surface area contributed by atoms with Gasteiger partial charge in [0, 0.05) is 35.9 Å². The summed E-state index contributed by atoms with van der Waals surface area (Å²) in [4.78, 5) is 2.50. The van der Waals surface area contributed by atoms with Crippen molar-refractivity contribution in [3.63, 3.8) is 0 Å². The third kappa shape index (κ3) is 4.13. The maximum absolute atomic E-state index is 6.18. The molecule has 1 saturated heterocycles. The second kappa shape index (κ2) is 5.57. The lowest BCUT2D eigenvalue weighted by atomic mass is 9.93. The topological polar surface area (TPSA) is 15.3 Å². The van der Waals surface area contributed by atoms with Crippen molar-refractivity contribution in [3.05, 3.63) is 28.8 Å². The van der Waals surface area contributed by atoms with Crippen molar-refractivity contribution < 1.29 is 0 Å². The molecule has 20 heavy (non-hydrogen) atoms. The van der Waals surface area contributed by atoms with Gasteiger partial charge >= 0.3 is 0 Å². The lowest BCUT2D eigenvalue weighted by molar-refractivity contribution is 0.417. The number of benzene rings is 1. The number of nitrogens with zero attached hydrogens (tertiary/aromatic N) is 1. The summed E-state index contributed by atoms with van der Waals surface area (Å²) in [6.45, 7) is 14.4. The molecule has 1 N–H and O–H groups in total. The molecule has 112 valence electrons. The van der Waals surface area contributed by atoms with Gasteiger partial charge in [-0.1, -0.05) is 25.4 Å². The lowest BCUT2D eigenvalue weighted by Crippen LogP contribution is -2.35. The maximum atomic E-state index is 6.18. The van der Waals surface area contributed by atoms with Crippen LogP contribution in [0.4, 0.5) is 5.69 Å². The van der Waals surface area contributed by atoms with Gasteiger partial charge in [-0.3, -0.25) is 0 Å². The number of anilines is 1. The van der Waals surface area contributed by atoms with E-state index >= 15 is 0 Å². The van der Waals surface area contributed by atoms with Gasteiger partial charge < -0.3 is 10.2 Å². The molecule has 2 nitrogen and oxygen atoms in total. The van der Waals surface area contributed by atoms with E-state index in [1.165, 1.54) is 17.7 Å². The fourth-order valence-corrected chi connectivity index (χ4v) is 2.88. The molecule has 0 aromatic heterocycles. The summed E-state index contributed by atoms with van der Waals surface area (Å²) in [5, 5.41) is 4.38. The molecule has 2 rings (SSSR count). The van der Waals surface area contributed by atoms with Crippen molar-refractivity contribution in [3.8, 4) is 0 Å². The summed E-state index contributed by atoms with van der Waals surface area (Å²) in [7, 11) is 0. The highest BCUT2D eigenvalue weighted by molar-refractivity contribution is 6.30. The van der Waals surface area contributed by atoms with Crippen molar-refractivity contribution in [1.82, 2.24) is 5.32 Å². The SMILES string of the molecule is CC1(C)CCN(c2ccc(Cl)cc2CNC(C)(C)C)C1. The molecule has 1 aliphatic heterocycles. The molecule has 0 bridgehead atoms. The first-order chi connectivity index (χ1) is 9.16. The van der Waals surface area contributed by atoms with Gasteiger partial charge in [-0.2, -0.15) is 0 Å². The van der Waals surface area contributed by atoms with Crippen molar-refractivity contribution in [2.75, 3.05) is 18.0 Å². The highest BCUT2D eigenvalue weighted by atomic mass is 35.5. The Morgan fingerprint density at radius 3 is 2.55 bits per heavy atom. The molecule has 0 unspecified atom stereocenters. The molecule has 1 fully saturated rings. The molecule has 0 spiro atoms. The fourth-order valence-electron chi connectivity index (χ4n) is 2.68. The predicted octanol–water partition coefficient (Wildman–Crippen LogP) is 4.46. The van der Waals surface area contributed by atoms with Crippen LogP contribution in [0.15, 0.2) is 18.2 Å². The van der Waals surface area contributed by atoms with Crippen LogP contribution in [-0.2, 0) is 6.54 Å². The molecule has 0 saturated carbocycles. The zero-order valence-electron chi connectivity index (χ0n) is 13.4. The minimum Gasteiger partial charge on any atom is -0.371 e. The summed E-state index contributed by atoms with van der Waals surface area (Å²) in [6, 6.07) is 6.27. The van der Waals surface area contributed by atoms with Crippen LogP contribution in [0.1, 0.15) is 46.6 Å². The Hall–Kier alpha value is -0.730. The van der Waals surface area contributed by atoms with Gasteiger partial charge in [0.25, 0.3) is 0 Å². The first-order valence-electron chi connectivity index (χ1n) is 7.45. The van der Waals surface area contributed by atoms with E-state index in [9.17, 15) is 0 Å². The minimum atomic E-state index is 0.115. The molecular weight excluding hydrogens is 268 g/mol. The third-order valence-corrected chi connectivity index (χ3v) is 4.10. The normalized spacial score (nSPS) is 18.6. The second-order valence-electron chi connectivity index (χ2n) is 7.71. The third-order valence-electron chi connectivity index (χ3n) is 3.87. The molecule has 0 aliphatic carbocycles. The van der Waals surface area contributed by atoms with E-state index in [2.05, 4.69) is 57.0 Å². The summed E-state index contributed by atoms with van der Waals surface area (Å²) in [6.07, 6.45) is 1.25. The number of halogens is 1. The van der Waals surface area contributed by atoms with E-state index in [1.807, 2.05) is 6.07 Å². The van der Waals surface area contributed by atoms with E-state index in [1.54, 1.807) is 0 Å². The number of hydrogen-bond acceptors (Lipinski definition) is 2. The average molecular weight is 295 g/mol. The lowest BCUT2D eigenvalue weighted by Gasteiger charge is -2.26. The highest BCUT2D eigenvalue weighted by Gasteiger charge is 2.30. The molecule has 0 radical (unpaired) electrons. The molecule has 1 aromatic carbocycles. The van der Waals surface area contributed by atoms with Gasteiger partial charge in [-0.05, 0) is 56.4 Å². The molecule has 1 aromatic rings. The highest BCUT2D eigenvalue weighted by Crippen LogP contribution is 2.35. The van der Waals surface area contributed by atoms with Crippen LogP contribution in [-0.4, -0.2) is 18.6 Å². The summed E-state index contributed by atoms with van der Waals surface area (Å²) in [5.74, 6) is 0. The largest absolute Gasteiger partial charge is 0.371 e. The number of hydrogen-bond donors (Lipinski definition) is 1. The van der Waals surface area contributed by atoms with Gasteiger partial charge in [0.15, 0.2) is 0 Å².